The maximum absolute atomic E-state index is 12.9. The molecule has 0 spiro atoms. The van der Waals surface area contributed by atoms with Crippen LogP contribution in [0.25, 0.3) is 0 Å². The SMILES string of the molecule is CC/C=C\C/C=C\C/C=C\C/C=C\C/C=C\C/C=C\C/C=C\C/C=C\C/C=C\C/C=C\C/C=C\CCCCCCCC(=O)OC(COC(=O)CCCCCC/C=C\C/C=C\C/C=C\C/C=C\C/C=C\C/C=C\CC)COC(OCC[N+](C)(C)C)C(=O)O. The summed E-state index contributed by atoms with van der Waals surface area (Å²) in [5.41, 5.74) is 0. The number of quaternary nitrogens is 1. The summed E-state index contributed by atoms with van der Waals surface area (Å²) in [5, 5.41) is 9.73. The maximum atomic E-state index is 12.9. The quantitative estimate of drug-likeness (QED) is 0.0211. The Balaban J connectivity index is 4.32. The number of carboxylic acids is 1. The van der Waals surface area contributed by atoms with Crippen molar-refractivity contribution in [1.29, 1.82) is 0 Å². The van der Waals surface area contributed by atoms with Crippen LogP contribution in [0.1, 0.15) is 206 Å². The van der Waals surface area contributed by atoms with E-state index in [2.05, 4.69) is 220 Å². The van der Waals surface area contributed by atoms with Gasteiger partial charge in [-0.15, -0.1) is 0 Å². The third kappa shape index (κ3) is 67.2. The van der Waals surface area contributed by atoms with Gasteiger partial charge in [0.15, 0.2) is 6.10 Å². The number of unbranched alkanes of at least 4 members (excludes halogenated alkanes) is 9. The molecule has 9 nitrogen and oxygen atoms in total. The van der Waals surface area contributed by atoms with E-state index >= 15 is 0 Å². The monoisotopic (exact) mass is 1200 g/mol. The fourth-order valence-electron chi connectivity index (χ4n) is 8.02. The topological polar surface area (TPSA) is 108 Å². The molecule has 0 radical (unpaired) electrons. The minimum Gasteiger partial charge on any atom is -0.477 e. The first-order valence-electron chi connectivity index (χ1n) is 33.2. The zero-order valence-corrected chi connectivity index (χ0v) is 55.1. The molecular formula is C78H120NO8+. The Morgan fingerprint density at radius 2 is 0.621 bits per heavy atom. The molecule has 0 heterocycles. The summed E-state index contributed by atoms with van der Waals surface area (Å²) in [4.78, 5) is 37.5. The number of esters is 2. The predicted octanol–water partition coefficient (Wildman–Crippen LogP) is 20.8. The van der Waals surface area contributed by atoms with E-state index in [9.17, 15) is 19.5 Å². The van der Waals surface area contributed by atoms with Gasteiger partial charge in [0.1, 0.15) is 13.2 Å². The van der Waals surface area contributed by atoms with E-state index in [1.807, 2.05) is 21.1 Å². The van der Waals surface area contributed by atoms with E-state index < -0.39 is 24.3 Å². The molecule has 9 heteroatoms. The Bertz CT molecular complexity index is 2180. The average molecular weight is 1200 g/mol. The molecule has 0 rings (SSSR count). The molecule has 0 bridgehead atoms. The molecule has 0 aromatic carbocycles. The minimum atomic E-state index is -1.54. The number of allylic oxidation sites excluding steroid dienone is 34. The van der Waals surface area contributed by atoms with Gasteiger partial charge in [0.25, 0.3) is 6.29 Å². The minimum absolute atomic E-state index is 0.166. The van der Waals surface area contributed by atoms with Crippen LogP contribution in [0.5, 0.6) is 0 Å². The molecule has 2 unspecified atom stereocenters. The first-order valence-corrected chi connectivity index (χ1v) is 33.2. The second-order valence-electron chi connectivity index (χ2n) is 22.3. The van der Waals surface area contributed by atoms with Crippen LogP contribution in [0.15, 0.2) is 207 Å². The smallest absolute Gasteiger partial charge is 0.361 e. The van der Waals surface area contributed by atoms with Crippen LogP contribution in [0.4, 0.5) is 0 Å². The van der Waals surface area contributed by atoms with E-state index in [1.54, 1.807) is 0 Å². The van der Waals surface area contributed by atoms with Gasteiger partial charge in [-0.05, 0) is 148 Å². The molecule has 0 saturated heterocycles. The maximum Gasteiger partial charge on any atom is 0.361 e. The summed E-state index contributed by atoms with van der Waals surface area (Å²) in [6.45, 7) is 4.56. The Hall–Kier alpha value is -6.13. The number of likely N-dealkylation sites (N-methyl/N-ethyl adjacent to an activating group) is 1. The number of carboxylic acid groups (broad SMARTS) is 1. The summed E-state index contributed by atoms with van der Waals surface area (Å²) < 4.78 is 22.9. The van der Waals surface area contributed by atoms with Gasteiger partial charge in [0.2, 0.25) is 0 Å². The molecule has 0 aliphatic rings. The van der Waals surface area contributed by atoms with Gasteiger partial charge >= 0.3 is 17.9 Å². The van der Waals surface area contributed by atoms with Gasteiger partial charge < -0.3 is 28.5 Å². The van der Waals surface area contributed by atoms with Crippen molar-refractivity contribution >= 4 is 17.9 Å². The van der Waals surface area contributed by atoms with Crippen molar-refractivity contribution in [2.24, 2.45) is 0 Å². The summed E-state index contributed by atoms with van der Waals surface area (Å²) >= 11 is 0. The van der Waals surface area contributed by atoms with E-state index in [1.165, 1.54) is 0 Å². The first-order chi connectivity index (χ1) is 42.6. The third-order valence-corrected chi connectivity index (χ3v) is 13.0. The van der Waals surface area contributed by atoms with Crippen LogP contribution in [0.3, 0.4) is 0 Å². The summed E-state index contributed by atoms with van der Waals surface area (Å²) in [6.07, 6.45) is 101. The van der Waals surface area contributed by atoms with Gasteiger partial charge in [0, 0.05) is 12.8 Å². The second-order valence-corrected chi connectivity index (χ2v) is 22.3. The lowest BCUT2D eigenvalue weighted by Crippen LogP contribution is -2.40. The molecule has 87 heavy (non-hydrogen) atoms. The molecule has 2 atom stereocenters. The molecule has 1 N–H and O–H groups in total. The fourth-order valence-corrected chi connectivity index (χ4v) is 8.02. The number of carbonyl (C=O) groups is 3. The highest BCUT2D eigenvalue weighted by atomic mass is 16.7. The molecule has 484 valence electrons. The summed E-state index contributed by atoms with van der Waals surface area (Å²) in [6, 6.07) is 0. The first kappa shape index (κ1) is 80.9. The van der Waals surface area contributed by atoms with E-state index in [0.29, 0.717) is 23.9 Å². The lowest BCUT2D eigenvalue weighted by Gasteiger charge is -2.25. The van der Waals surface area contributed by atoms with Gasteiger partial charge in [-0.2, -0.15) is 0 Å². The molecular weight excluding hydrogens is 1080 g/mol. The summed E-state index contributed by atoms with van der Waals surface area (Å²) in [5.74, 6) is -2.09. The van der Waals surface area contributed by atoms with Crippen LogP contribution < -0.4 is 0 Å². The molecule has 0 aliphatic carbocycles. The zero-order valence-electron chi connectivity index (χ0n) is 55.1. The van der Waals surface area contributed by atoms with E-state index in [0.717, 1.165) is 167 Å². The van der Waals surface area contributed by atoms with E-state index in [4.69, 9.17) is 18.9 Å². The average Bonchev–Trinajstić information content (AvgIpc) is 3.55. The number of ether oxygens (including phenoxy) is 4. The number of aliphatic carboxylic acids is 1. The van der Waals surface area contributed by atoms with Gasteiger partial charge in [0.05, 0.1) is 34.4 Å². The van der Waals surface area contributed by atoms with Crippen molar-refractivity contribution in [3.05, 3.63) is 207 Å². The van der Waals surface area contributed by atoms with Crippen molar-refractivity contribution in [2.75, 3.05) is 47.5 Å². The second kappa shape index (κ2) is 65.8. The molecule has 0 aromatic rings. The normalized spacial score (nSPS) is 14.1. The number of nitrogens with zero attached hydrogens (tertiary/aromatic N) is 1. The Labute approximate surface area is 531 Å². The standard InChI is InChI=1S/C78H119NO8/c1-6-8-10-12-14-16-18-20-22-24-26-28-30-31-32-33-34-35-36-37-38-39-40-41-42-43-44-45-47-49-51-53-55-57-59-61-63-65-67-69-76(81)87-74(73-86-78(77(82)83)84-71-70-79(3,4)5)72-85-75(80)68-66-64-62-60-58-56-54-52-50-48-46-29-27-25-23-21-19-17-15-13-11-9-7-2/h8-11,14-17,20-23,26-29,31-32,34-35,37-38,40-41,43-44,47-50,53-56,74,78H,6-7,12-13,18-19,24-25,30,33,36,39,42,45-46,51-52,57-73H2,1-5H3/p+1/b10-8-,11-9-,16-14-,17-15-,22-20-,23-21-,28-26-,29-27-,32-31-,35-34-,38-37-,41-40-,44-43-,49-47-,50-48-,55-53-,56-54-. The van der Waals surface area contributed by atoms with Gasteiger partial charge in [-0.3, -0.25) is 9.59 Å². The number of hydrogen-bond acceptors (Lipinski definition) is 7. The van der Waals surface area contributed by atoms with Gasteiger partial charge in [-0.1, -0.05) is 253 Å². The Morgan fingerprint density at radius 1 is 0.345 bits per heavy atom. The highest BCUT2D eigenvalue weighted by Crippen LogP contribution is 2.13. The molecule has 0 amide bonds. The van der Waals surface area contributed by atoms with E-state index in [-0.39, 0.29) is 38.6 Å². The summed E-state index contributed by atoms with van der Waals surface area (Å²) in [7, 11) is 5.94. The lowest BCUT2D eigenvalue weighted by atomic mass is 10.1. The fraction of sp³-hybridized carbons (Fsp3) is 0.526. The molecule has 0 aromatic heterocycles. The highest BCUT2D eigenvalue weighted by Gasteiger charge is 2.25. The highest BCUT2D eigenvalue weighted by molar-refractivity contribution is 5.71. The van der Waals surface area contributed by atoms with Gasteiger partial charge in [-0.25, -0.2) is 4.79 Å². The largest absolute Gasteiger partial charge is 0.477 e. The van der Waals surface area contributed by atoms with Crippen molar-refractivity contribution in [2.45, 2.75) is 219 Å². The van der Waals surface area contributed by atoms with Crippen LogP contribution in [0.2, 0.25) is 0 Å². The van der Waals surface area contributed by atoms with Crippen LogP contribution in [-0.2, 0) is 33.3 Å². The van der Waals surface area contributed by atoms with Crippen LogP contribution in [0, 0.1) is 0 Å². The van der Waals surface area contributed by atoms with Crippen LogP contribution in [-0.4, -0.2) is 87.4 Å². The number of hydrogen-bond donors (Lipinski definition) is 1. The molecule has 0 fully saturated rings. The number of carbonyl (C=O) groups excluding carboxylic acids is 2. The van der Waals surface area contributed by atoms with Crippen molar-refractivity contribution in [1.82, 2.24) is 0 Å². The molecule has 0 aliphatic heterocycles. The van der Waals surface area contributed by atoms with Crippen molar-refractivity contribution < 1.29 is 42.9 Å². The van der Waals surface area contributed by atoms with Crippen molar-refractivity contribution in [3.63, 3.8) is 0 Å². The number of rotatable bonds is 58. The Morgan fingerprint density at radius 3 is 0.920 bits per heavy atom. The van der Waals surface area contributed by atoms with Crippen molar-refractivity contribution in [3.8, 4) is 0 Å². The Kier molecular flexibility index (Phi) is 61.2. The zero-order chi connectivity index (χ0) is 63.3. The van der Waals surface area contributed by atoms with Crippen LogP contribution >= 0.6 is 0 Å². The molecule has 0 saturated carbocycles. The lowest BCUT2D eigenvalue weighted by molar-refractivity contribution is -0.870. The third-order valence-electron chi connectivity index (χ3n) is 13.0. The predicted molar refractivity (Wildman–Crippen MR) is 372 cm³/mol.